The molecule has 0 aliphatic carbocycles. The van der Waals surface area contributed by atoms with Crippen molar-refractivity contribution in [3.8, 4) is 0 Å². The molecule has 0 aromatic heterocycles. The van der Waals surface area contributed by atoms with Crippen LogP contribution in [0.3, 0.4) is 0 Å². The zero-order chi connectivity index (χ0) is 30.8. The fourth-order valence-electron chi connectivity index (χ4n) is 7.74. The number of ether oxygens (including phenoxy) is 1. The van der Waals surface area contributed by atoms with Crippen LogP contribution in [0.15, 0.2) is 55.6 Å². The van der Waals surface area contributed by atoms with Gasteiger partial charge in [0.2, 0.25) is 17.7 Å². The molecule has 3 heterocycles. The van der Waals surface area contributed by atoms with E-state index >= 15 is 0 Å². The average Bonchev–Trinajstić information content (AvgIpc) is 3.52. The number of amides is 3. The molecule has 0 radical (unpaired) electrons. The molecule has 1 spiro atoms. The number of aliphatic hydroxyl groups excluding tert-OH is 1. The van der Waals surface area contributed by atoms with Crippen molar-refractivity contribution in [2.75, 3.05) is 19.7 Å². The van der Waals surface area contributed by atoms with E-state index < -0.39 is 35.1 Å². The van der Waals surface area contributed by atoms with Crippen LogP contribution in [0.1, 0.15) is 65.9 Å². The number of rotatable bonds is 14. The number of fused-ring (bicyclic) bond motifs is 1. The van der Waals surface area contributed by atoms with E-state index in [0.717, 1.165) is 18.4 Å². The Labute approximate surface area is 251 Å². The number of hydrogen-bond donors (Lipinski definition) is 1. The third-order valence-electron chi connectivity index (χ3n) is 9.75. The number of nitrogens with zero attached hydrogens (tertiary/aromatic N) is 3. The van der Waals surface area contributed by atoms with Gasteiger partial charge >= 0.3 is 0 Å². The molecule has 8 nitrogen and oxygen atoms in total. The van der Waals surface area contributed by atoms with Gasteiger partial charge in [-0.1, -0.05) is 69.7 Å². The van der Waals surface area contributed by atoms with Gasteiger partial charge in [0.1, 0.15) is 11.6 Å². The molecule has 1 aromatic rings. The van der Waals surface area contributed by atoms with E-state index in [1.54, 1.807) is 26.9 Å². The van der Waals surface area contributed by atoms with Gasteiger partial charge in [0.15, 0.2) is 0 Å². The van der Waals surface area contributed by atoms with Gasteiger partial charge < -0.3 is 24.5 Å². The molecule has 3 fully saturated rings. The Morgan fingerprint density at radius 2 is 1.79 bits per heavy atom. The number of carbonyl (C=O) groups is 3. The summed E-state index contributed by atoms with van der Waals surface area (Å²) in [5.74, 6) is -2.32. The van der Waals surface area contributed by atoms with Gasteiger partial charge in [-0.25, -0.2) is 0 Å². The molecular formula is C34H49N3O5. The van der Waals surface area contributed by atoms with E-state index in [-0.39, 0.29) is 36.3 Å². The normalized spacial score (nSPS) is 29.4. The Kier molecular flexibility index (Phi) is 9.68. The predicted octanol–water partition coefficient (Wildman–Crippen LogP) is 4.19. The molecule has 7 atom stereocenters. The molecule has 42 heavy (non-hydrogen) atoms. The second-order valence-corrected chi connectivity index (χ2v) is 12.9. The highest BCUT2D eigenvalue weighted by molar-refractivity contribution is 5.99. The zero-order valence-corrected chi connectivity index (χ0v) is 26.0. The van der Waals surface area contributed by atoms with E-state index in [4.69, 9.17) is 4.74 Å². The number of hydrogen-bond acceptors (Lipinski definition) is 5. The summed E-state index contributed by atoms with van der Waals surface area (Å²) in [4.78, 5) is 48.9. The van der Waals surface area contributed by atoms with Gasteiger partial charge in [-0.2, -0.15) is 0 Å². The smallest absolute Gasteiger partial charge is 0.248 e. The lowest BCUT2D eigenvalue weighted by Gasteiger charge is -2.42. The van der Waals surface area contributed by atoms with Crippen LogP contribution >= 0.6 is 0 Å². The first-order chi connectivity index (χ1) is 20.0. The highest BCUT2D eigenvalue weighted by atomic mass is 16.5. The Balaban J connectivity index is 1.81. The van der Waals surface area contributed by atoms with Crippen molar-refractivity contribution in [3.63, 3.8) is 0 Å². The van der Waals surface area contributed by atoms with Crippen LogP contribution in [-0.4, -0.2) is 86.6 Å². The van der Waals surface area contributed by atoms with E-state index in [1.165, 1.54) is 0 Å². The molecule has 3 aliphatic rings. The molecule has 8 heteroatoms. The summed E-state index contributed by atoms with van der Waals surface area (Å²) in [6.45, 7) is 18.4. The summed E-state index contributed by atoms with van der Waals surface area (Å²) < 4.78 is 6.87. The van der Waals surface area contributed by atoms with Crippen LogP contribution in [0.4, 0.5) is 0 Å². The average molecular weight is 580 g/mol. The molecule has 3 unspecified atom stereocenters. The fourth-order valence-corrected chi connectivity index (χ4v) is 7.74. The van der Waals surface area contributed by atoms with Crippen molar-refractivity contribution in [2.24, 2.45) is 17.8 Å². The highest BCUT2D eigenvalue weighted by Gasteiger charge is 2.79. The van der Waals surface area contributed by atoms with E-state index in [9.17, 15) is 19.5 Å². The molecule has 0 saturated carbocycles. The van der Waals surface area contributed by atoms with Crippen molar-refractivity contribution in [1.82, 2.24) is 14.7 Å². The first-order valence-corrected chi connectivity index (χ1v) is 15.5. The van der Waals surface area contributed by atoms with Crippen molar-refractivity contribution in [1.29, 1.82) is 0 Å². The van der Waals surface area contributed by atoms with E-state index in [1.807, 2.05) is 58.0 Å². The molecule has 2 bridgehead atoms. The van der Waals surface area contributed by atoms with Crippen molar-refractivity contribution >= 4 is 17.7 Å². The lowest BCUT2D eigenvalue weighted by molar-refractivity contribution is -0.158. The van der Waals surface area contributed by atoms with Gasteiger partial charge in [-0.3, -0.25) is 14.4 Å². The second kappa shape index (κ2) is 12.7. The Hall–Kier alpha value is -2.97. The van der Waals surface area contributed by atoms with Gasteiger partial charge in [0.25, 0.3) is 0 Å². The number of carbonyl (C=O) groups excluding carboxylic acids is 3. The molecule has 3 aliphatic heterocycles. The van der Waals surface area contributed by atoms with Crippen LogP contribution in [0.2, 0.25) is 0 Å². The Bertz CT molecular complexity index is 1170. The summed E-state index contributed by atoms with van der Waals surface area (Å²) in [6, 6.07) is 8.17. The summed E-state index contributed by atoms with van der Waals surface area (Å²) >= 11 is 0. The van der Waals surface area contributed by atoms with Gasteiger partial charge in [0, 0.05) is 25.7 Å². The monoisotopic (exact) mass is 579 g/mol. The van der Waals surface area contributed by atoms with Crippen LogP contribution < -0.4 is 0 Å². The zero-order valence-electron chi connectivity index (χ0n) is 26.0. The molecule has 3 amide bonds. The van der Waals surface area contributed by atoms with Gasteiger partial charge in [-0.05, 0) is 44.6 Å². The third kappa shape index (κ3) is 5.32. The summed E-state index contributed by atoms with van der Waals surface area (Å²) in [6.07, 6.45) is 6.18. The van der Waals surface area contributed by atoms with Crippen molar-refractivity contribution in [2.45, 2.75) is 96.2 Å². The Morgan fingerprint density at radius 3 is 2.36 bits per heavy atom. The highest BCUT2D eigenvalue weighted by Crippen LogP contribution is 2.64. The topological polar surface area (TPSA) is 90.4 Å². The molecule has 1 aromatic carbocycles. The first kappa shape index (κ1) is 32.0. The molecule has 1 N–H and O–H groups in total. The standard InChI is InChI=1S/C34H49N3O5/c1-8-14-24(6)36(20-10-3)32(41)29-34-18-17-33(7,42-34)27(28(34)31(40)37(29)26(22-38)23(4)5)30(39)35(19-9-2)21-25-15-12-11-13-16-25/h9-13,15-16,23-24,26-29,38H,2-3,8,14,17-22H2,1,4-7H3/t24?,26-,27-,28-,29?,33+,34?/m0/s1. The first-order valence-electron chi connectivity index (χ1n) is 15.5. The second-order valence-electron chi connectivity index (χ2n) is 12.9. The number of likely N-dealkylation sites (tertiary alicyclic amines) is 1. The SMILES string of the molecule is C=CCN(Cc1ccccc1)C(=O)[C@@H]1[C@H]2C(=O)N([C@@H](CO)C(C)C)C(C(=O)N(CC=C)C(C)CCC)C23CC[C@@]1(C)O3. The van der Waals surface area contributed by atoms with Crippen LogP contribution in [0.25, 0.3) is 0 Å². The molecule has 230 valence electrons. The lowest BCUT2D eigenvalue weighted by Crippen LogP contribution is -2.60. The van der Waals surface area contributed by atoms with E-state index in [0.29, 0.717) is 32.5 Å². The van der Waals surface area contributed by atoms with Crippen molar-refractivity contribution in [3.05, 3.63) is 61.2 Å². The maximum atomic E-state index is 14.6. The number of aliphatic hydroxyl groups is 1. The maximum Gasteiger partial charge on any atom is 0.248 e. The third-order valence-corrected chi connectivity index (χ3v) is 9.75. The quantitative estimate of drug-likeness (QED) is 0.334. The summed E-state index contributed by atoms with van der Waals surface area (Å²) in [5, 5.41) is 10.5. The number of benzene rings is 1. The van der Waals surface area contributed by atoms with Gasteiger partial charge in [0.05, 0.1) is 30.1 Å². The summed E-state index contributed by atoms with van der Waals surface area (Å²) in [7, 11) is 0. The van der Waals surface area contributed by atoms with Gasteiger partial charge in [-0.15, -0.1) is 13.2 Å². The van der Waals surface area contributed by atoms with E-state index in [2.05, 4.69) is 20.1 Å². The Morgan fingerprint density at radius 1 is 1.12 bits per heavy atom. The summed E-state index contributed by atoms with van der Waals surface area (Å²) in [5.41, 5.74) is -1.05. The van der Waals surface area contributed by atoms with Crippen LogP contribution in [0, 0.1) is 17.8 Å². The minimum atomic E-state index is -1.15. The minimum Gasteiger partial charge on any atom is -0.394 e. The fraction of sp³-hybridized carbons (Fsp3) is 0.618. The predicted molar refractivity (Wildman–Crippen MR) is 163 cm³/mol. The largest absolute Gasteiger partial charge is 0.394 e. The molecular weight excluding hydrogens is 530 g/mol. The van der Waals surface area contributed by atoms with Crippen LogP contribution in [-0.2, 0) is 25.7 Å². The molecule has 4 rings (SSSR count). The minimum absolute atomic E-state index is 0.0693. The lowest BCUT2D eigenvalue weighted by atomic mass is 9.66. The van der Waals surface area contributed by atoms with Crippen molar-refractivity contribution < 1.29 is 24.2 Å². The molecule has 3 saturated heterocycles. The maximum absolute atomic E-state index is 14.6. The van der Waals surface area contributed by atoms with Crippen LogP contribution in [0.5, 0.6) is 0 Å².